The lowest BCUT2D eigenvalue weighted by atomic mass is 9.75. The highest BCUT2D eigenvalue weighted by Crippen LogP contribution is 2.61. The molecule has 4 aliphatic heterocycles. The molecule has 3 fully saturated rings. The van der Waals surface area contributed by atoms with E-state index in [1.807, 2.05) is 25.1 Å². The van der Waals surface area contributed by atoms with E-state index in [1.54, 1.807) is 6.92 Å². The number of nitro benzene ring substituents is 1. The summed E-state index contributed by atoms with van der Waals surface area (Å²) in [6, 6.07) is 8.21. The monoisotopic (exact) mass is 490 g/mol. The lowest BCUT2D eigenvalue weighted by Gasteiger charge is -2.36. The first-order valence-electron chi connectivity index (χ1n) is 12.2. The molecular weight excluding hydrogens is 464 g/mol. The Hall–Kier alpha value is -3.79. The Kier molecular flexibility index (Phi) is 4.79. The quantitative estimate of drug-likeness (QED) is 0.397. The second-order valence-corrected chi connectivity index (χ2v) is 9.90. The normalized spacial score (nSPS) is 28.5. The molecule has 10 heteroatoms. The van der Waals surface area contributed by atoms with E-state index in [9.17, 15) is 24.5 Å². The first kappa shape index (κ1) is 22.7. The van der Waals surface area contributed by atoms with Crippen molar-refractivity contribution in [1.29, 1.82) is 0 Å². The predicted molar refractivity (Wildman–Crippen MR) is 130 cm³/mol. The van der Waals surface area contributed by atoms with Gasteiger partial charge in [-0.3, -0.25) is 29.4 Å². The molecule has 0 bridgehead atoms. The highest BCUT2D eigenvalue weighted by molar-refractivity contribution is 6.26. The standard InChI is InChI=1S/C26H26N4O6/c1-4-14-7-5-8-15-22(14)27-25(33)26(15)21-20(16-9-6-10-28(16)26)23(31)29(24(21)32)17-12-19(36-3)18(30(34)35)11-13(17)2/h5,7-8,11-12,16,20-21H,4,6,9-10H2,1-3H3,(H,27,33)/t16-,20+,21-,26+/m0/s1. The van der Waals surface area contributed by atoms with Gasteiger partial charge in [-0.2, -0.15) is 0 Å². The van der Waals surface area contributed by atoms with E-state index < -0.39 is 28.2 Å². The number of methoxy groups -OCH3 is 1. The van der Waals surface area contributed by atoms with Gasteiger partial charge in [0, 0.05) is 29.4 Å². The van der Waals surface area contributed by atoms with Gasteiger partial charge in [-0.1, -0.05) is 25.1 Å². The molecule has 4 aliphatic rings. The number of amides is 3. The van der Waals surface area contributed by atoms with Gasteiger partial charge in [0.05, 0.1) is 29.6 Å². The lowest BCUT2D eigenvalue weighted by Crippen LogP contribution is -2.54. The number of carbonyl (C=O) groups excluding carboxylic acids is 3. The second kappa shape index (κ2) is 7.60. The average Bonchev–Trinajstić information content (AvgIpc) is 3.57. The summed E-state index contributed by atoms with van der Waals surface area (Å²) >= 11 is 0. The smallest absolute Gasteiger partial charge is 0.311 e. The van der Waals surface area contributed by atoms with E-state index >= 15 is 0 Å². The summed E-state index contributed by atoms with van der Waals surface area (Å²) in [6.07, 6.45) is 2.27. The fourth-order valence-corrected chi connectivity index (χ4v) is 7.03. The minimum absolute atomic E-state index is 0.0352. The zero-order valence-corrected chi connectivity index (χ0v) is 20.2. The molecule has 4 atom stereocenters. The Balaban J connectivity index is 1.54. The number of nitrogens with zero attached hydrogens (tertiary/aromatic N) is 3. The van der Waals surface area contributed by atoms with Crippen LogP contribution in [0.1, 0.15) is 36.5 Å². The summed E-state index contributed by atoms with van der Waals surface area (Å²) in [5, 5.41) is 14.5. The maximum Gasteiger partial charge on any atom is 0.311 e. The number of para-hydroxylation sites is 1. The average molecular weight is 491 g/mol. The van der Waals surface area contributed by atoms with Crippen LogP contribution in [0, 0.1) is 28.9 Å². The zero-order valence-electron chi connectivity index (χ0n) is 20.2. The van der Waals surface area contributed by atoms with Gasteiger partial charge >= 0.3 is 5.69 Å². The van der Waals surface area contributed by atoms with Crippen molar-refractivity contribution in [2.75, 3.05) is 23.9 Å². The summed E-state index contributed by atoms with van der Waals surface area (Å²) < 4.78 is 5.21. The van der Waals surface area contributed by atoms with Gasteiger partial charge in [-0.25, -0.2) is 4.90 Å². The van der Waals surface area contributed by atoms with Crippen LogP contribution in [0.2, 0.25) is 0 Å². The molecule has 6 rings (SSSR count). The van der Waals surface area contributed by atoms with Crippen molar-refractivity contribution in [2.45, 2.75) is 44.7 Å². The Morgan fingerprint density at radius 2 is 2.00 bits per heavy atom. The molecule has 0 unspecified atom stereocenters. The minimum atomic E-state index is -1.26. The number of nitrogens with one attached hydrogen (secondary N) is 1. The van der Waals surface area contributed by atoms with Crippen LogP contribution in [0.15, 0.2) is 30.3 Å². The summed E-state index contributed by atoms with van der Waals surface area (Å²) in [4.78, 5) is 56.2. The predicted octanol–water partition coefficient (Wildman–Crippen LogP) is 2.91. The van der Waals surface area contributed by atoms with E-state index in [2.05, 4.69) is 10.2 Å². The third kappa shape index (κ3) is 2.57. The highest BCUT2D eigenvalue weighted by atomic mass is 16.6. The lowest BCUT2D eigenvalue weighted by molar-refractivity contribution is -0.385. The van der Waals surface area contributed by atoms with E-state index in [4.69, 9.17) is 4.74 Å². The number of ether oxygens (including phenoxy) is 1. The number of nitro groups is 1. The number of hydrogen-bond acceptors (Lipinski definition) is 7. The van der Waals surface area contributed by atoms with Crippen molar-refractivity contribution in [3.8, 4) is 5.75 Å². The van der Waals surface area contributed by atoms with Crippen molar-refractivity contribution in [3.63, 3.8) is 0 Å². The molecule has 4 heterocycles. The molecule has 0 aromatic heterocycles. The molecule has 3 saturated heterocycles. The van der Waals surface area contributed by atoms with Gasteiger partial charge in [-0.15, -0.1) is 0 Å². The summed E-state index contributed by atoms with van der Waals surface area (Å²) in [5.41, 5.74) is 1.64. The summed E-state index contributed by atoms with van der Waals surface area (Å²) in [7, 11) is 1.31. The number of carbonyl (C=O) groups is 3. The van der Waals surface area contributed by atoms with Crippen LogP contribution >= 0.6 is 0 Å². The van der Waals surface area contributed by atoms with Gasteiger partial charge in [0.1, 0.15) is 5.54 Å². The molecular formula is C26H26N4O6. The van der Waals surface area contributed by atoms with Gasteiger partial charge in [0.25, 0.3) is 0 Å². The molecule has 2 aromatic rings. The molecule has 0 saturated carbocycles. The fraction of sp³-hybridized carbons (Fsp3) is 0.423. The topological polar surface area (TPSA) is 122 Å². The maximum atomic E-state index is 14.2. The molecule has 2 aromatic carbocycles. The molecule has 0 radical (unpaired) electrons. The van der Waals surface area contributed by atoms with E-state index in [0.29, 0.717) is 18.5 Å². The van der Waals surface area contributed by atoms with Crippen LogP contribution in [0.4, 0.5) is 17.1 Å². The highest BCUT2D eigenvalue weighted by Gasteiger charge is 2.74. The number of benzene rings is 2. The number of rotatable bonds is 4. The van der Waals surface area contributed by atoms with E-state index in [-0.39, 0.29) is 35.0 Å². The van der Waals surface area contributed by atoms with Crippen LogP contribution in [-0.4, -0.2) is 47.2 Å². The number of anilines is 2. The largest absolute Gasteiger partial charge is 0.490 e. The van der Waals surface area contributed by atoms with Gasteiger partial charge < -0.3 is 10.1 Å². The third-order valence-electron chi connectivity index (χ3n) is 8.43. The van der Waals surface area contributed by atoms with Gasteiger partial charge in [0.15, 0.2) is 5.75 Å². The van der Waals surface area contributed by atoms with Crippen LogP contribution in [-0.2, 0) is 26.3 Å². The summed E-state index contributed by atoms with van der Waals surface area (Å²) in [6.45, 7) is 4.27. The van der Waals surface area contributed by atoms with Gasteiger partial charge in [-0.05, 0) is 43.9 Å². The van der Waals surface area contributed by atoms with Crippen LogP contribution in [0.3, 0.4) is 0 Å². The molecule has 10 nitrogen and oxygen atoms in total. The van der Waals surface area contributed by atoms with Crippen molar-refractivity contribution in [3.05, 3.63) is 57.1 Å². The Morgan fingerprint density at radius 1 is 1.22 bits per heavy atom. The van der Waals surface area contributed by atoms with Crippen molar-refractivity contribution in [1.82, 2.24) is 4.90 Å². The number of fused-ring (bicyclic) bond motifs is 7. The van der Waals surface area contributed by atoms with Crippen molar-refractivity contribution < 1.29 is 24.0 Å². The Labute approximate surface area is 207 Å². The molecule has 36 heavy (non-hydrogen) atoms. The SMILES string of the molecule is CCc1cccc2c1NC(=O)[C@]21[C@@H]2C(=O)N(c3cc(OC)c([N+](=O)[O-])cc3C)C(=O)[C@@H]2[C@@H]2CCCN21. The van der Waals surface area contributed by atoms with Gasteiger partial charge in [0.2, 0.25) is 17.7 Å². The summed E-state index contributed by atoms with van der Waals surface area (Å²) in [5.74, 6) is -2.69. The van der Waals surface area contributed by atoms with Crippen LogP contribution in [0.5, 0.6) is 5.75 Å². The molecule has 0 aliphatic carbocycles. The van der Waals surface area contributed by atoms with Crippen molar-refractivity contribution >= 4 is 34.8 Å². The molecule has 1 N–H and O–H groups in total. The first-order valence-corrected chi connectivity index (χ1v) is 12.2. The Morgan fingerprint density at radius 3 is 2.69 bits per heavy atom. The Bertz CT molecular complexity index is 1370. The molecule has 3 amide bonds. The van der Waals surface area contributed by atoms with E-state index in [1.165, 1.54) is 19.2 Å². The third-order valence-corrected chi connectivity index (χ3v) is 8.43. The minimum Gasteiger partial charge on any atom is -0.490 e. The van der Waals surface area contributed by atoms with Crippen LogP contribution < -0.4 is 15.0 Å². The fourth-order valence-electron chi connectivity index (χ4n) is 7.03. The maximum absolute atomic E-state index is 14.2. The number of aryl methyl sites for hydroxylation is 2. The van der Waals surface area contributed by atoms with Crippen molar-refractivity contribution in [2.24, 2.45) is 11.8 Å². The second-order valence-electron chi connectivity index (χ2n) is 9.90. The number of hydrogen-bond donors (Lipinski definition) is 1. The van der Waals surface area contributed by atoms with E-state index in [0.717, 1.165) is 34.6 Å². The zero-order chi connectivity index (χ0) is 25.5. The first-order chi connectivity index (χ1) is 17.3. The molecule has 186 valence electrons. The number of imide groups is 1. The molecule has 1 spiro atoms. The van der Waals surface area contributed by atoms with Crippen LogP contribution in [0.25, 0.3) is 0 Å².